The monoisotopic (exact) mass is 434 g/mol. The largest absolute Gasteiger partial charge is 0.481 e. The number of ketones is 1. The van der Waals surface area contributed by atoms with E-state index in [9.17, 15) is 14.7 Å². The Labute approximate surface area is 188 Å². The summed E-state index contributed by atoms with van der Waals surface area (Å²) < 4.78 is 1.81. The molecule has 0 saturated heterocycles. The first-order chi connectivity index (χ1) is 15.2. The van der Waals surface area contributed by atoms with E-state index >= 15 is 0 Å². The molecular weight excluding hydrogens is 404 g/mol. The van der Waals surface area contributed by atoms with Gasteiger partial charge in [-0.15, -0.1) is 5.10 Å². The van der Waals surface area contributed by atoms with Gasteiger partial charge in [0.15, 0.2) is 5.82 Å². The summed E-state index contributed by atoms with van der Waals surface area (Å²) in [6.45, 7) is 8.13. The van der Waals surface area contributed by atoms with Crippen molar-refractivity contribution in [3.63, 3.8) is 0 Å². The highest BCUT2D eigenvalue weighted by atomic mass is 16.4. The lowest BCUT2D eigenvalue weighted by Crippen LogP contribution is -2.25. The van der Waals surface area contributed by atoms with Crippen molar-refractivity contribution in [2.75, 3.05) is 0 Å². The van der Waals surface area contributed by atoms with Crippen molar-refractivity contribution in [3.05, 3.63) is 54.1 Å². The molecule has 0 aliphatic heterocycles. The van der Waals surface area contributed by atoms with Gasteiger partial charge in [0.05, 0.1) is 5.54 Å². The minimum Gasteiger partial charge on any atom is -0.481 e. The van der Waals surface area contributed by atoms with Gasteiger partial charge in [0, 0.05) is 12.0 Å². The van der Waals surface area contributed by atoms with E-state index in [1.165, 1.54) is 0 Å². The Morgan fingerprint density at radius 2 is 1.69 bits per heavy atom. The Morgan fingerprint density at radius 1 is 1.03 bits per heavy atom. The fourth-order valence-corrected chi connectivity index (χ4v) is 3.66. The second-order valence-corrected chi connectivity index (χ2v) is 8.99. The summed E-state index contributed by atoms with van der Waals surface area (Å²) in [6.07, 6.45) is 2.08. The van der Waals surface area contributed by atoms with Gasteiger partial charge in [0.1, 0.15) is 11.7 Å². The van der Waals surface area contributed by atoms with Gasteiger partial charge in [-0.25, -0.2) is 4.68 Å². The molecule has 1 unspecified atom stereocenters. The van der Waals surface area contributed by atoms with Crippen LogP contribution < -0.4 is 0 Å². The van der Waals surface area contributed by atoms with Crippen molar-refractivity contribution in [1.82, 2.24) is 20.2 Å². The molecular formula is C25H30N4O3. The molecule has 1 heterocycles. The average Bonchev–Trinajstić information content (AvgIpc) is 3.26. The number of carboxylic acid groups (broad SMARTS) is 1. The molecule has 0 spiro atoms. The lowest BCUT2D eigenvalue weighted by Gasteiger charge is -2.21. The van der Waals surface area contributed by atoms with Crippen LogP contribution in [0, 0.1) is 5.92 Å². The van der Waals surface area contributed by atoms with Crippen LogP contribution in [-0.4, -0.2) is 37.1 Å². The van der Waals surface area contributed by atoms with E-state index in [1.54, 1.807) is 4.68 Å². The number of tetrazole rings is 1. The highest BCUT2D eigenvalue weighted by molar-refractivity contribution is 5.98. The molecule has 3 aromatic rings. The predicted octanol–water partition coefficient (Wildman–Crippen LogP) is 4.76. The number of hydrogen-bond acceptors (Lipinski definition) is 5. The molecule has 3 rings (SSSR count). The summed E-state index contributed by atoms with van der Waals surface area (Å²) in [5.74, 6) is -1.59. The van der Waals surface area contributed by atoms with Gasteiger partial charge in [-0.1, -0.05) is 61.9 Å². The topological polar surface area (TPSA) is 98.0 Å². The van der Waals surface area contributed by atoms with Crippen LogP contribution in [0.5, 0.6) is 0 Å². The van der Waals surface area contributed by atoms with Crippen LogP contribution in [0.1, 0.15) is 52.5 Å². The molecule has 1 aromatic heterocycles. The lowest BCUT2D eigenvalue weighted by molar-refractivity contribution is -0.146. The van der Waals surface area contributed by atoms with E-state index in [2.05, 4.69) is 15.5 Å². The average molecular weight is 435 g/mol. The second kappa shape index (κ2) is 9.85. The van der Waals surface area contributed by atoms with Crippen LogP contribution in [0.2, 0.25) is 0 Å². The van der Waals surface area contributed by atoms with E-state index < -0.39 is 11.9 Å². The number of aliphatic carboxylic acids is 1. The van der Waals surface area contributed by atoms with Crippen LogP contribution in [-0.2, 0) is 21.5 Å². The Hall–Kier alpha value is -3.35. The van der Waals surface area contributed by atoms with E-state index in [1.807, 2.05) is 76.2 Å². The third-order valence-electron chi connectivity index (χ3n) is 5.44. The van der Waals surface area contributed by atoms with Gasteiger partial charge >= 0.3 is 5.97 Å². The van der Waals surface area contributed by atoms with Crippen molar-refractivity contribution < 1.29 is 14.7 Å². The van der Waals surface area contributed by atoms with Crippen LogP contribution in [0.3, 0.4) is 0 Å². The molecule has 32 heavy (non-hydrogen) atoms. The molecule has 1 atom stereocenters. The summed E-state index contributed by atoms with van der Waals surface area (Å²) >= 11 is 0. The van der Waals surface area contributed by atoms with E-state index in [0.29, 0.717) is 18.7 Å². The van der Waals surface area contributed by atoms with Gasteiger partial charge in [0.2, 0.25) is 0 Å². The van der Waals surface area contributed by atoms with Gasteiger partial charge in [-0.3, -0.25) is 9.59 Å². The maximum atomic E-state index is 12.3. The normalized spacial score (nSPS) is 12.5. The molecule has 0 aliphatic carbocycles. The highest BCUT2D eigenvalue weighted by Crippen LogP contribution is 2.32. The number of benzene rings is 2. The minimum absolute atomic E-state index is 0.197. The van der Waals surface area contributed by atoms with Crippen molar-refractivity contribution in [3.8, 4) is 22.5 Å². The van der Waals surface area contributed by atoms with Crippen LogP contribution >= 0.6 is 0 Å². The Balaban J connectivity index is 1.89. The number of carbonyl (C=O) groups is 2. The predicted molar refractivity (Wildman–Crippen MR) is 123 cm³/mol. The smallest absolute Gasteiger partial charge is 0.314 e. The number of nitrogens with zero attached hydrogens (tertiary/aromatic N) is 4. The fourth-order valence-electron chi connectivity index (χ4n) is 3.66. The zero-order valence-corrected chi connectivity index (χ0v) is 19.1. The van der Waals surface area contributed by atoms with Crippen LogP contribution in [0.25, 0.3) is 22.5 Å². The summed E-state index contributed by atoms with van der Waals surface area (Å²) in [7, 11) is 0. The number of hydrogen-bond donors (Lipinski definition) is 1. The molecule has 0 saturated carbocycles. The third kappa shape index (κ3) is 5.28. The zero-order chi connectivity index (χ0) is 23.3. The van der Waals surface area contributed by atoms with E-state index in [0.717, 1.165) is 28.7 Å². The summed E-state index contributed by atoms with van der Waals surface area (Å²) in [5, 5.41) is 21.8. The van der Waals surface area contributed by atoms with E-state index in [4.69, 9.17) is 0 Å². The molecule has 0 amide bonds. The molecule has 7 heteroatoms. The molecule has 1 N–H and O–H groups in total. The fraction of sp³-hybridized carbons (Fsp3) is 0.400. The first-order valence-corrected chi connectivity index (χ1v) is 11.0. The first-order valence-electron chi connectivity index (χ1n) is 11.0. The number of Topliss-reactive ketones (excluding diaryl/α,β-unsaturated/α-hetero) is 1. The van der Waals surface area contributed by atoms with Crippen molar-refractivity contribution in [2.24, 2.45) is 5.92 Å². The molecule has 7 nitrogen and oxygen atoms in total. The number of carboxylic acids is 1. The van der Waals surface area contributed by atoms with Gasteiger partial charge in [-0.05, 0) is 60.7 Å². The molecule has 2 aromatic carbocycles. The van der Waals surface area contributed by atoms with Crippen LogP contribution in [0.4, 0.5) is 0 Å². The SMILES string of the molecule is CCCCC(=O)C(Cc1ccc(-c2ccccc2-c2nnnn2C(C)(C)C)cc1)C(=O)O. The zero-order valence-electron chi connectivity index (χ0n) is 19.1. The number of carbonyl (C=O) groups excluding carboxylic acids is 1. The van der Waals surface area contributed by atoms with Gasteiger partial charge in [-0.2, -0.15) is 0 Å². The maximum absolute atomic E-state index is 12.3. The first kappa shape index (κ1) is 23.3. The summed E-state index contributed by atoms with van der Waals surface area (Å²) in [6, 6.07) is 15.6. The number of aromatic nitrogens is 4. The molecule has 0 radical (unpaired) electrons. The number of rotatable bonds is 9. The van der Waals surface area contributed by atoms with Gasteiger partial charge in [0.25, 0.3) is 0 Å². The van der Waals surface area contributed by atoms with Crippen molar-refractivity contribution >= 4 is 11.8 Å². The summed E-state index contributed by atoms with van der Waals surface area (Å²) in [4.78, 5) is 24.0. The minimum atomic E-state index is -1.06. The molecule has 0 aliphatic rings. The van der Waals surface area contributed by atoms with E-state index in [-0.39, 0.29) is 17.7 Å². The number of unbranched alkanes of at least 4 members (excludes halogenated alkanes) is 1. The van der Waals surface area contributed by atoms with Crippen molar-refractivity contribution in [1.29, 1.82) is 0 Å². The van der Waals surface area contributed by atoms with Crippen molar-refractivity contribution in [2.45, 2.75) is 58.9 Å². The molecule has 168 valence electrons. The Kier molecular flexibility index (Phi) is 7.18. The molecule has 0 bridgehead atoms. The highest BCUT2D eigenvalue weighted by Gasteiger charge is 2.26. The van der Waals surface area contributed by atoms with Crippen LogP contribution in [0.15, 0.2) is 48.5 Å². The second-order valence-electron chi connectivity index (χ2n) is 8.99. The maximum Gasteiger partial charge on any atom is 0.314 e. The molecule has 0 fully saturated rings. The standard InChI is InChI=1S/C25H30N4O3/c1-5-6-11-22(30)21(24(31)32)16-17-12-14-18(15-13-17)19-9-7-8-10-20(19)23-26-27-28-29(23)25(2,3)4/h7-10,12-15,21H,5-6,11,16H2,1-4H3,(H,31,32). The third-order valence-corrected chi connectivity index (χ3v) is 5.44. The lowest BCUT2D eigenvalue weighted by atomic mass is 9.91. The quantitative estimate of drug-likeness (QED) is 0.487. The Morgan fingerprint density at radius 3 is 2.28 bits per heavy atom. The van der Waals surface area contributed by atoms with Gasteiger partial charge < -0.3 is 5.11 Å². The Bertz CT molecular complexity index is 1080. The summed E-state index contributed by atoms with van der Waals surface area (Å²) in [5.41, 5.74) is 3.41.